The molecule has 2 N–H and O–H groups in total. The van der Waals surface area contributed by atoms with Crippen LogP contribution in [0.5, 0.6) is 5.75 Å². The van der Waals surface area contributed by atoms with Crippen molar-refractivity contribution in [1.29, 1.82) is 0 Å². The topological polar surface area (TPSA) is 87.7 Å². The Balaban J connectivity index is 1.66. The Morgan fingerprint density at radius 2 is 1.86 bits per heavy atom. The molecule has 0 aliphatic carbocycles. The van der Waals surface area contributed by atoms with E-state index in [2.05, 4.69) is 10.6 Å². The fraction of sp³-hybridized carbons (Fsp3) is 0.227. The number of amides is 3. The summed E-state index contributed by atoms with van der Waals surface area (Å²) in [5, 5.41) is 5.42. The van der Waals surface area contributed by atoms with Crippen LogP contribution in [0.3, 0.4) is 0 Å². The summed E-state index contributed by atoms with van der Waals surface area (Å²) in [4.78, 5) is 37.1. The van der Waals surface area contributed by atoms with Gasteiger partial charge in [-0.05, 0) is 48.4 Å². The van der Waals surface area contributed by atoms with Crippen LogP contribution in [-0.4, -0.2) is 31.4 Å². The Morgan fingerprint density at radius 3 is 2.48 bits per heavy atom. The fourth-order valence-corrected chi connectivity index (χ4v) is 3.12. The highest BCUT2D eigenvalue weighted by Crippen LogP contribution is 2.28. The minimum Gasteiger partial charge on any atom is -0.495 e. The van der Waals surface area contributed by atoms with Crippen LogP contribution in [-0.2, 0) is 14.4 Å². The number of ether oxygens (including phenoxy) is 1. The van der Waals surface area contributed by atoms with Crippen molar-refractivity contribution in [2.45, 2.75) is 19.8 Å². The molecule has 3 amide bonds. The van der Waals surface area contributed by atoms with Crippen LogP contribution in [0.25, 0.3) is 6.08 Å². The number of methoxy groups -OCH3 is 1. The number of hydrogen-bond donors (Lipinski definition) is 2. The smallest absolute Gasteiger partial charge is 0.248 e. The van der Waals surface area contributed by atoms with E-state index in [4.69, 9.17) is 4.74 Å². The zero-order chi connectivity index (χ0) is 20.8. The molecule has 0 radical (unpaired) electrons. The van der Waals surface area contributed by atoms with E-state index in [1.165, 1.54) is 20.1 Å². The molecule has 1 fully saturated rings. The molecule has 2 aromatic carbocycles. The first-order chi connectivity index (χ1) is 14.0. The molecule has 29 heavy (non-hydrogen) atoms. The third-order valence-electron chi connectivity index (χ3n) is 4.48. The highest BCUT2D eigenvalue weighted by Gasteiger charge is 2.21. The molecule has 0 atom stereocenters. The standard InChI is InChI=1S/C22H23N3O4/c1-15(26)23-17-8-11-20(29-2)19(14-17)24-21(27)12-7-16-5-9-18(10-6-16)25-13-3-4-22(25)28/h5-12,14H,3-4,13H2,1-2H3,(H,23,26)(H,24,27). The second-order valence-electron chi connectivity index (χ2n) is 6.66. The Hall–Kier alpha value is -3.61. The SMILES string of the molecule is COc1ccc(NC(C)=O)cc1NC(=O)C=Cc1ccc(N2CCCC2=O)cc1. The monoisotopic (exact) mass is 393 g/mol. The molecule has 1 saturated heterocycles. The van der Waals surface area contributed by atoms with Gasteiger partial charge in [-0.25, -0.2) is 0 Å². The maximum atomic E-state index is 12.3. The average Bonchev–Trinajstić information content (AvgIpc) is 3.12. The van der Waals surface area contributed by atoms with Crippen LogP contribution >= 0.6 is 0 Å². The summed E-state index contributed by atoms with van der Waals surface area (Å²) in [7, 11) is 1.51. The molecule has 0 aromatic heterocycles. The molecule has 1 aliphatic rings. The van der Waals surface area contributed by atoms with Gasteiger partial charge in [-0.3, -0.25) is 14.4 Å². The molecular formula is C22H23N3O4. The minimum atomic E-state index is -0.331. The van der Waals surface area contributed by atoms with Crippen LogP contribution in [0.2, 0.25) is 0 Å². The quantitative estimate of drug-likeness (QED) is 0.736. The van der Waals surface area contributed by atoms with E-state index in [0.717, 1.165) is 24.2 Å². The predicted octanol–water partition coefficient (Wildman–Crippen LogP) is 3.43. The van der Waals surface area contributed by atoms with E-state index in [0.29, 0.717) is 23.5 Å². The summed E-state index contributed by atoms with van der Waals surface area (Å²) < 4.78 is 5.26. The highest BCUT2D eigenvalue weighted by molar-refractivity contribution is 6.03. The van der Waals surface area contributed by atoms with Crippen molar-refractivity contribution in [3.05, 3.63) is 54.1 Å². The van der Waals surface area contributed by atoms with Gasteiger partial charge < -0.3 is 20.3 Å². The first-order valence-corrected chi connectivity index (χ1v) is 9.31. The van der Waals surface area contributed by atoms with E-state index in [-0.39, 0.29) is 17.7 Å². The number of carbonyl (C=O) groups is 3. The summed E-state index contributed by atoms with van der Waals surface area (Å²) in [6, 6.07) is 12.5. The number of hydrogen-bond acceptors (Lipinski definition) is 4. The Kier molecular flexibility index (Phi) is 6.29. The number of carbonyl (C=O) groups excluding carboxylic acids is 3. The van der Waals surface area contributed by atoms with E-state index in [1.807, 2.05) is 24.3 Å². The lowest BCUT2D eigenvalue weighted by atomic mass is 10.2. The van der Waals surface area contributed by atoms with E-state index in [1.54, 1.807) is 29.2 Å². The maximum absolute atomic E-state index is 12.3. The Labute approximate surface area is 169 Å². The number of nitrogens with zero attached hydrogens (tertiary/aromatic N) is 1. The van der Waals surface area contributed by atoms with Gasteiger partial charge in [0.05, 0.1) is 12.8 Å². The molecule has 7 nitrogen and oxygen atoms in total. The van der Waals surface area contributed by atoms with Crippen molar-refractivity contribution < 1.29 is 19.1 Å². The van der Waals surface area contributed by atoms with Gasteiger partial charge in [-0.15, -0.1) is 0 Å². The van der Waals surface area contributed by atoms with Crippen LogP contribution < -0.4 is 20.3 Å². The van der Waals surface area contributed by atoms with Crippen LogP contribution in [0, 0.1) is 0 Å². The third kappa shape index (κ3) is 5.22. The number of nitrogens with one attached hydrogen (secondary N) is 2. The summed E-state index contributed by atoms with van der Waals surface area (Å²) >= 11 is 0. The van der Waals surface area contributed by atoms with Gasteiger partial charge in [0.2, 0.25) is 17.7 Å². The zero-order valence-electron chi connectivity index (χ0n) is 16.4. The second-order valence-corrected chi connectivity index (χ2v) is 6.66. The van der Waals surface area contributed by atoms with E-state index < -0.39 is 0 Å². The van der Waals surface area contributed by atoms with Crippen molar-refractivity contribution in [3.8, 4) is 5.75 Å². The molecule has 1 heterocycles. The summed E-state index contributed by atoms with van der Waals surface area (Å²) in [6.45, 7) is 2.16. The van der Waals surface area contributed by atoms with Crippen molar-refractivity contribution in [2.75, 3.05) is 29.2 Å². The first kappa shape index (κ1) is 20.1. The minimum absolute atomic E-state index is 0.142. The van der Waals surface area contributed by atoms with Crippen molar-refractivity contribution in [3.63, 3.8) is 0 Å². The van der Waals surface area contributed by atoms with Gasteiger partial charge >= 0.3 is 0 Å². The molecule has 0 unspecified atom stereocenters. The zero-order valence-corrected chi connectivity index (χ0v) is 16.4. The molecule has 7 heteroatoms. The molecule has 0 saturated carbocycles. The molecule has 1 aliphatic heterocycles. The van der Waals surface area contributed by atoms with Crippen molar-refractivity contribution in [1.82, 2.24) is 0 Å². The lowest BCUT2D eigenvalue weighted by Gasteiger charge is -2.15. The highest BCUT2D eigenvalue weighted by atomic mass is 16.5. The lowest BCUT2D eigenvalue weighted by Crippen LogP contribution is -2.23. The molecule has 0 spiro atoms. The summed E-state index contributed by atoms with van der Waals surface area (Å²) in [5.74, 6) is 0.0945. The Bertz CT molecular complexity index is 951. The maximum Gasteiger partial charge on any atom is 0.248 e. The molecule has 3 rings (SSSR count). The largest absolute Gasteiger partial charge is 0.495 e. The van der Waals surface area contributed by atoms with Crippen LogP contribution in [0.4, 0.5) is 17.1 Å². The molecule has 150 valence electrons. The van der Waals surface area contributed by atoms with Gasteiger partial charge in [0.15, 0.2) is 0 Å². The average molecular weight is 393 g/mol. The van der Waals surface area contributed by atoms with E-state index >= 15 is 0 Å². The van der Waals surface area contributed by atoms with Gasteiger partial charge in [0.1, 0.15) is 5.75 Å². The van der Waals surface area contributed by atoms with Gasteiger partial charge in [-0.1, -0.05) is 12.1 Å². The predicted molar refractivity (Wildman–Crippen MR) is 113 cm³/mol. The molecule has 0 bridgehead atoms. The second kappa shape index (κ2) is 9.05. The van der Waals surface area contributed by atoms with Gasteiger partial charge in [-0.2, -0.15) is 0 Å². The fourth-order valence-electron chi connectivity index (χ4n) is 3.12. The van der Waals surface area contributed by atoms with Crippen molar-refractivity contribution in [2.24, 2.45) is 0 Å². The third-order valence-corrected chi connectivity index (χ3v) is 4.48. The normalized spacial score (nSPS) is 13.6. The van der Waals surface area contributed by atoms with E-state index in [9.17, 15) is 14.4 Å². The molecule has 2 aromatic rings. The van der Waals surface area contributed by atoms with Crippen molar-refractivity contribution >= 4 is 40.9 Å². The lowest BCUT2D eigenvalue weighted by molar-refractivity contribution is -0.117. The number of anilines is 3. The number of benzene rings is 2. The Morgan fingerprint density at radius 1 is 1.10 bits per heavy atom. The van der Waals surface area contributed by atoms with Crippen LogP contribution in [0.1, 0.15) is 25.3 Å². The summed E-state index contributed by atoms with van der Waals surface area (Å²) in [5.41, 5.74) is 2.73. The molecular weight excluding hydrogens is 370 g/mol. The van der Waals surface area contributed by atoms with Crippen LogP contribution in [0.15, 0.2) is 48.5 Å². The summed E-state index contributed by atoms with van der Waals surface area (Å²) in [6.07, 6.45) is 4.58. The van der Waals surface area contributed by atoms with Gasteiger partial charge in [0.25, 0.3) is 0 Å². The number of rotatable bonds is 6. The van der Waals surface area contributed by atoms with Gasteiger partial charge in [0, 0.05) is 37.3 Å². The first-order valence-electron chi connectivity index (χ1n) is 9.31.